The Hall–Kier alpha value is -4.50. The number of hydrogen-bond acceptors (Lipinski definition) is 7. The lowest BCUT2D eigenvalue weighted by molar-refractivity contribution is 0.0647. The molecule has 2 amide bonds. The number of hydrogen-bond donors (Lipinski definition) is 1. The van der Waals surface area contributed by atoms with Crippen LogP contribution in [0.2, 0.25) is 0 Å². The van der Waals surface area contributed by atoms with E-state index in [2.05, 4.69) is 20.5 Å². The first-order valence-corrected chi connectivity index (χ1v) is 12.5. The van der Waals surface area contributed by atoms with Crippen LogP contribution in [0.15, 0.2) is 85.2 Å². The molecule has 0 bridgehead atoms. The zero-order valence-electron chi connectivity index (χ0n) is 19.5. The van der Waals surface area contributed by atoms with E-state index in [0.717, 1.165) is 26.9 Å². The van der Waals surface area contributed by atoms with Crippen molar-refractivity contribution in [1.82, 2.24) is 20.1 Å². The maximum Gasteiger partial charge on any atom is 0.261 e. The molecule has 3 heterocycles. The number of rotatable bonds is 7. The summed E-state index contributed by atoms with van der Waals surface area (Å²) in [7, 11) is 0. The van der Waals surface area contributed by atoms with Gasteiger partial charge < -0.3 is 5.32 Å². The molecule has 1 N–H and O–H groups in total. The van der Waals surface area contributed by atoms with Gasteiger partial charge in [0.05, 0.1) is 17.2 Å². The molecule has 0 spiro atoms. The van der Waals surface area contributed by atoms with E-state index >= 15 is 0 Å². The molecule has 0 aliphatic carbocycles. The molecular weight excluding hydrogens is 489 g/mol. The zero-order chi connectivity index (χ0) is 25.4. The molecule has 37 heavy (non-hydrogen) atoms. The average Bonchev–Trinajstić information content (AvgIpc) is 3.48. The van der Waals surface area contributed by atoms with Crippen LogP contribution >= 0.6 is 11.3 Å². The van der Waals surface area contributed by atoms with E-state index < -0.39 is 0 Å². The van der Waals surface area contributed by atoms with E-state index in [1.807, 2.05) is 30.5 Å². The van der Waals surface area contributed by atoms with Gasteiger partial charge in [0, 0.05) is 29.9 Å². The molecule has 0 saturated carbocycles. The van der Waals surface area contributed by atoms with Crippen LogP contribution < -0.4 is 5.32 Å². The molecule has 0 unspecified atom stereocenters. The van der Waals surface area contributed by atoms with Gasteiger partial charge in [-0.2, -0.15) is 0 Å². The third kappa shape index (κ3) is 4.56. The lowest BCUT2D eigenvalue weighted by Gasteiger charge is -2.23. The fourth-order valence-corrected chi connectivity index (χ4v) is 5.30. The Balaban J connectivity index is 1.26. The normalized spacial score (nSPS) is 13.7. The summed E-state index contributed by atoms with van der Waals surface area (Å²) in [5.74, 6) is -0.973. The van der Waals surface area contributed by atoms with Gasteiger partial charge in [0.1, 0.15) is 10.8 Å². The van der Waals surface area contributed by atoms with Gasteiger partial charge in [-0.25, -0.2) is 4.39 Å². The highest BCUT2D eigenvalue weighted by Crippen LogP contribution is 2.30. The zero-order valence-corrected chi connectivity index (χ0v) is 20.3. The highest BCUT2D eigenvalue weighted by Gasteiger charge is 2.36. The number of nitrogens with zero attached hydrogens (tertiary/aromatic N) is 4. The highest BCUT2D eigenvalue weighted by atomic mass is 32.1. The minimum atomic E-state index is -0.365. The molecule has 2 aromatic heterocycles. The van der Waals surface area contributed by atoms with Gasteiger partial charge in [0.2, 0.25) is 5.13 Å². The van der Waals surface area contributed by atoms with Crippen LogP contribution in [0.4, 0.5) is 9.52 Å². The van der Waals surface area contributed by atoms with E-state index in [4.69, 9.17) is 0 Å². The Morgan fingerprint density at radius 3 is 2.41 bits per heavy atom. The van der Waals surface area contributed by atoms with Crippen molar-refractivity contribution in [1.29, 1.82) is 0 Å². The fraction of sp³-hybridized carbons (Fsp3) is 0.107. The summed E-state index contributed by atoms with van der Waals surface area (Å²) in [4.78, 5) is 31.4. The van der Waals surface area contributed by atoms with Gasteiger partial charge in [0.25, 0.3) is 11.8 Å². The van der Waals surface area contributed by atoms with Gasteiger partial charge in [-0.1, -0.05) is 47.7 Å². The largest absolute Gasteiger partial charge is 0.355 e. The maximum absolute atomic E-state index is 13.5. The van der Waals surface area contributed by atoms with Crippen LogP contribution in [0.5, 0.6) is 0 Å². The molecule has 182 valence electrons. The summed E-state index contributed by atoms with van der Waals surface area (Å²) in [5, 5.41) is 15.4. The lowest BCUT2D eigenvalue weighted by atomic mass is 10.1. The smallest absolute Gasteiger partial charge is 0.261 e. The SMILES string of the molecule is O=C1c2ccccc2C(=O)N1C[C@H](Cc1ccc(F)cc1)Nc1nnc(-c2ccc3cnccc3c2)s1. The molecule has 0 fully saturated rings. The van der Waals surface area contributed by atoms with Crippen molar-refractivity contribution in [2.24, 2.45) is 0 Å². The first kappa shape index (κ1) is 22.9. The topological polar surface area (TPSA) is 88.1 Å². The Kier molecular flexibility index (Phi) is 5.90. The Morgan fingerprint density at radius 2 is 1.65 bits per heavy atom. The summed E-state index contributed by atoms with van der Waals surface area (Å²) >= 11 is 1.39. The second kappa shape index (κ2) is 9.51. The van der Waals surface area contributed by atoms with Crippen molar-refractivity contribution in [2.75, 3.05) is 11.9 Å². The molecular formula is C28H20FN5O2S. The van der Waals surface area contributed by atoms with Crippen LogP contribution in [-0.2, 0) is 6.42 Å². The second-order valence-electron chi connectivity index (χ2n) is 8.79. The number of halogens is 1. The number of amides is 2. The molecule has 1 atom stereocenters. The minimum Gasteiger partial charge on any atom is -0.355 e. The molecule has 0 radical (unpaired) electrons. The van der Waals surface area contributed by atoms with E-state index in [-0.39, 0.29) is 30.2 Å². The van der Waals surface area contributed by atoms with Crippen molar-refractivity contribution in [3.63, 3.8) is 0 Å². The van der Waals surface area contributed by atoms with Gasteiger partial charge in [-0.05, 0) is 53.8 Å². The number of nitrogens with one attached hydrogen (secondary N) is 1. The quantitative estimate of drug-likeness (QED) is 0.303. The Morgan fingerprint density at radius 1 is 0.892 bits per heavy atom. The van der Waals surface area contributed by atoms with E-state index in [9.17, 15) is 14.0 Å². The Bertz CT molecular complexity index is 1600. The predicted molar refractivity (Wildman–Crippen MR) is 140 cm³/mol. The summed E-state index contributed by atoms with van der Waals surface area (Å²) in [6.45, 7) is 0.127. The molecule has 3 aromatic carbocycles. The monoisotopic (exact) mass is 509 g/mol. The number of anilines is 1. The Labute approximate surface area is 215 Å². The summed E-state index contributed by atoms with van der Waals surface area (Å²) in [5.41, 5.74) is 2.60. The first-order valence-electron chi connectivity index (χ1n) is 11.7. The number of pyridine rings is 1. The summed E-state index contributed by atoms with van der Waals surface area (Å²) in [6.07, 6.45) is 4.01. The molecule has 1 aliphatic heterocycles. The fourth-order valence-electron chi connectivity index (χ4n) is 4.48. The van der Waals surface area contributed by atoms with Crippen LogP contribution in [0.1, 0.15) is 26.3 Å². The molecule has 6 rings (SSSR count). The standard InChI is InChI=1S/C28H20FN5O2S/c29-21-9-5-17(6-10-21)13-22(16-34-26(35)23-3-1-2-4-24(23)27(34)36)31-28-33-32-25(37-28)19-7-8-20-15-30-12-11-18(20)14-19/h1-12,14-15,22H,13,16H2,(H,31,33)/t22-/m0/s1. The number of carbonyl (C=O) groups is 2. The highest BCUT2D eigenvalue weighted by molar-refractivity contribution is 7.18. The van der Waals surface area contributed by atoms with Crippen molar-refractivity contribution < 1.29 is 14.0 Å². The molecule has 0 saturated heterocycles. The van der Waals surface area contributed by atoms with Crippen molar-refractivity contribution in [3.05, 3.63) is 108 Å². The van der Waals surface area contributed by atoms with Crippen molar-refractivity contribution in [3.8, 4) is 10.6 Å². The van der Waals surface area contributed by atoms with E-state index in [1.165, 1.54) is 28.4 Å². The number of fused-ring (bicyclic) bond motifs is 2. The van der Waals surface area contributed by atoms with Crippen molar-refractivity contribution >= 4 is 39.1 Å². The molecule has 7 nitrogen and oxygen atoms in total. The number of aromatic nitrogens is 3. The number of imide groups is 1. The minimum absolute atomic E-state index is 0.127. The number of benzene rings is 3. The van der Waals surface area contributed by atoms with Crippen molar-refractivity contribution in [2.45, 2.75) is 12.5 Å². The number of carbonyl (C=O) groups excluding carboxylic acids is 2. The maximum atomic E-state index is 13.5. The first-order chi connectivity index (χ1) is 18.0. The summed E-state index contributed by atoms with van der Waals surface area (Å²) in [6, 6.07) is 20.6. The van der Waals surface area contributed by atoms with Gasteiger partial charge in [0.15, 0.2) is 0 Å². The van der Waals surface area contributed by atoms with Crippen LogP contribution in [-0.4, -0.2) is 44.5 Å². The van der Waals surface area contributed by atoms with Gasteiger partial charge >= 0.3 is 0 Å². The summed E-state index contributed by atoms with van der Waals surface area (Å²) < 4.78 is 13.5. The van der Waals surface area contributed by atoms with E-state index in [1.54, 1.807) is 42.6 Å². The van der Waals surface area contributed by atoms with Crippen LogP contribution in [0, 0.1) is 5.82 Å². The lowest BCUT2D eigenvalue weighted by Crippen LogP contribution is -2.41. The molecule has 1 aliphatic rings. The van der Waals surface area contributed by atoms with Gasteiger partial charge in [-0.15, -0.1) is 10.2 Å². The average molecular weight is 510 g/mol. The second-order valence-corrected chi connectivity index (χ2v) is 9.77. The van der Waals surface area contributed by atoms with Gasteiger partial charge in [-0.3, -0.25) is 19.5 Å². The molecule has 5 aromatic rings. The van der Waals surface area contributed by atoms with E-state index in [0.29, 0.717) is 22.7 Å². The van der Waals surface area contributed by atoms with Crippen LogP contribution in [0.25, 0.3) is 21.3 Å². The van der Waals surface area contributed by atoms with Crippen LogP contribution in [0.3, 0.4) is 0 Å². The predicted octanol–water partition coefficient (Wildman–Crippen LogP) is 5.21. The third-order valence-electron chi connectivity index (χ3n) is 6.32. The molecule has 9 heteroatoms. The third-order valence-corrected chi connectivity index (χ3v) is 7.22.